The number of hydrogen-bond donors (Lipinski definition) is 0. The van der Waals surface area contributed by atoms with E-state index < -0.39 is 10.8 Å². The van der Waals surface area contributed by atoms with Crippen LogP contribution < -0.4 is 0 Å². The second-order valence-electron chi connectivity index (χ2n) is 51.6. The summed E-state index contributed by atoms with van der Waals surface area (Å²) < 4.78 is 57.6. The van der Waals surface area contributed by atoms with Gasteiger partial charge in [-0.25, -0.2) is 24.0 Å². The van der Waals surface area contributed by atoms with Crippen LogP contribution in [0, 0.1) is 162 Å². The molecular formula is C114H188O20. The maximum atomic E-state index is 12.8. The van der Waals surface area contributed by atoms with Gasteiger partial charge in [-0.15, -0.1) is 0 Å². The second kappa shape index (κ2) is 44.1. The summed E-state index contributed by atoms with van der Waals surface area (Å²) in [6, 6.07) is 0. The average Bonchev–Trinajstić information content (AvgIpc) is 0.710. The molecule has 0 aromatic rings. The van der Waals surface area contributed by atoms with Gasteiger partial charge in [0.25, 0.3) is 0 Å². The molecule has 0 N–H and O–H groups in total. The summed E-state index contributed by atoms with van der Waals surface area (Å²) >= 11 is 0. The normalized spacial score (nSPS) is 38.2. The van der Waals surface area contributed by atoms with E-state index in [2.05, 4.69) is 90.0 Å². The minimum atomic E-state index is -0.562. The number of unbranched alkanes of at least 4 members (excludes halogenated alkanes) is 4. The molecule has 14 unspecified atom stereocenters. The van der Waals surface area contributed by atoms with Gasteiger partial charge in [0.15, 0.2) is 33.0 Å². The van der Waals surface area contributed by atoms with E-state index in [0.717, 1.165) is 93.8 Å². The summed E-state index contributed by atoms with van der Waals surface area (Å²) in [4.78, 5) is 124. The number of esters is 10. The van der Waals surface area contributed by atoms with E-state index in [1.165, 1.54) is 186 Å². The Bertz CT molecular complexity index is 3930. The molecule has 20 nitrogen and oxygen atoms in total. The van der Waals surface area contributed by atoms with Gasteiger partial charge in [-0.1, -0.05) is 171 Å². The summed E-state index contributed by atoms with van der Waals surface area (Å²) in [6.45, 7) is 51.2. The van der Waals surface area contributed by atoms with Crippen molar-refractivity contribution in [2.45, 2.75) is 464 Å². The van der Waals surface area contributed by atoms with E-state index in [0.29, 0.717) is 117 Å². The number of rotatable bonds is 39. The molecule has 0 aromatic heterocycles. The molecule has 0 aromatic carbocycles. The molecule has 14 atom stereocenters. The Labute approximate surface area is 810 Å². The SMILES string of the molecule is CCC(C)(C)C(=O)OCC(=O)OC1(CC(C)C)C2CC3CC1CC(C)(C3)C2.CCC(C)C(=O)OCC(=O)OC1(C(C)CC)C2CC3CC1CC(C)(C3)C2.CCC(C)C(=O)OCC(=O)OC1(CC(C)C)C2CC3CC1CC(C)(C3)C2.CCCCCC1(OC(=O)COC(=O)C(C)(C)CC)C2CC3CC1CC(C)(C3)C2.CCCCCC1(OC(=O)COC(=O)C(C)CC)C2CC3CC1CC(C)(C3)C2. The first-order valence-corrected chi connectivity index (χ1v) is 54.8. The largest absolute Gasteiger partial charge is 0.456 e. The van der Waals surface area contributed by atoms with Crippen molar-refractivity contribution in [1.29, 1.82) is 0 Å². The van der Waals surface area contributed by atoms with E-state index in [1.54, 1.807) is 0 Å². The highest BCUT2D eigenvalue weighted by Gasteiger charge is 2.69. The first-order chi connectivity index (χ1) is 62.9. The molecule has 20 aliphatic rings. The lowest BCUT2D eigenvalue weighted by Crippen LogP contribution is -2.65. The van der Waals surface area contributed by atoms with Crippen molar-refractivity contribution in [1.82, 2.24) is 0 Å². The van der Waals surface area contributed by atoms with Crippen molar-refractivity contribution in [3.8, 4) is 0 Å². The van der Waals surface area contributed by atoms with Crippen molar-refractivity contribution in [2.75, 3.05) is 33.0 Å². The Balaban J connectivity index is 0.000000161. The van der Waals surface area contributed by atoms with Gasteiger partial charge in [-0.05, 0) is 387 Å². The van der Waals surface area contributed by atoms with Crippen LogP contribution in [0.2, 0.25) is 0 Å². The van der Waals surface area contributed by atoms with Crippen molar-refractivity contribution in [2.24, 2.45) is 162 Å². The van der Waals surface area contributed by atoms with E-state index in [9.17, 15) is 47.9 Å². The molecule has 0 heterocycles. The molecule has 20 rings (SSSR count). The summed E-state index contributed by atoms with van der Waals surface area (Å²) in [5, 5.41) is 0. The third kappa shape index (κ3) is 24.5. The Morgan fingerprint density at radius 1 is 0.284 bits per heavy atom. The van der Waals surface area contributed by atoms with Crippen LogP contribution in [0.4, 0.5) is 0 Å². The molecule has 0 radical (unpaired) electrons. The van der Waals surface area contributed by atoms with Gasteiger partial charge in [-0.3, -0.25) is 24.0 Å². The highest BCUT2D eigenvalue weighted by Crippen LogP contribution is 2.72. The summed E-state index contributed by atoms with van der Waals surface area (Å²) in [5.41, 5.74) is -0.626. The smallest absolute Gasteiger partial charge is 0.344 e. The van der Waals surface area contributed by atoms with Crippen molar-refractivity contribution >= 4 is 59.7 Å². The quantitative estimate of drug-likeness (QED) is 0.0314. The Hall–Kier alpha value is -5.30. The molecule has 0 aliphatic heterocycles. The van der Waals surface area contributed by atoms with Crippen LogP contribution in [-0.2, 0) is 95.3 Å². The first kappa shape index (κ1) is 109. The number of carbonyl (C=O) groups excluding carboxylic acids is 10. The summed E-state index contributed by atoms with van der Waals surface area (Å²) in [6.07, 6.45) is 45.7. The number of hydrogen-bond acceptors (Lipinski definition) is 20. The van der Waals surface area contributed by atoms with Gasteiger partial charge >= 0.3 is 59.7 Å². The predicted octanol–water partition coefficient (Wildman–Crippen LogP) is 25.6. The van der Waals surface area contributed by atoms with Crippen molar-refractivity contribution in [3.63, 3.8) is 0 Å². The molecular weight excluding hydrogens is 1690 g/mol. The van der Waals surface area contributed by atoms with Gasteiger partial charge in [0.05, 0.1) is 28.6 Å². The van der Waals surface area contributed by atoms with E-state index in [4.69, 9.17) is 47.4 Å². The standard InChI is InChI=1S/C24H40O4.2C23H38O4.2C22H36O4/c1-6-8-9-10-24(28-20(25)16-27-21(26)22(3,4)7-2)18-11-17-12-19(24)15-23(5,13-17)14-18;1-7-21(4,5)20(25)26-14-19(24)27-23(10-15(2)3)17-8-16-9-18(23)13-22(6,11-16)12-17;1-5-7-8-9-23(27-20(24)15-26-21(25)16(3)6-2)18-10-17-11-19(23)14-22(4,12-17)13-18;1-6-15(4)20(24)25-13-19(23)26-22(9-14(2)3)17-7-16-8-18(22)12-21(5,10-16)11-17;1-6-14(3)20(24)25-13-19(23)26-22(15(4)7-2)17-8-16-9-18(22)12-21(5,10-16)11-17/h17-19H,6-16H2,1-5H3;15-18H,7-14H2,1-6H3;16-19H,5-15H2,1-4H3;2*14-18H,6-13H2,1-5H3. The minimum Gasteiger partial charge on any atom is -0.456 e. The topological polar surface area (TPSA) is 263 Å². The molecule has 0 amide bonds. The summed E-state index contributed by atoms with van der Waals surface area (Å²) in [5.74, 6) is 6.19. The van der Waals surface area contributed by atoms with E-state index in [-0.39, 0.29) is 138 Å². The maximum absolute atomic E-state index is 12.8. The van der Waals surface area contributed by atoms with Gasteiger partial charge < -0.3 is 47.4 Å². The fourth-order valence-corrected chi connectivity index (χ4v) is 31.9. The van der Waals surface area contributed by atoms with Crippen LogP contribution in [0.25, 0.3) is 0 Å². The van der Waals surface area contributed by atoms with Gasteiger partial charge in [0, 0.05) is 11.8 Å². The third-order valence-electron chi connectivity index (χ3n) is 38.5. The van der Waals surface area contributed by atoms with Crippen LogP contribution in [0.5, 0.6) is 0 Å². The highest BCUT2D eigenvalue weighted by atomic mass is 16.6. The lowest BCUT2D eigenvalue weighted by atomic mass is 9.43. The van der Waals surface area contributed by atoms with Crippen LogP contribution >= 0.6 is 0 Å². The van der Waals surface area contributed by atoms with E-state index >= 15 is 0 Å². The third-order valence-corrected chi connectivity index (χ3v) is 38.5. The lowest BCUT2D eigenvalue weighted by molar-refractivity contribution is -0.242. The summed E-state index contributed by atoms with van der Waals surface area (Å²) in [7, 11) is 0. The maximum Gasteiger partial charge on any atom is 0.344 e. The fourth-order valence-electron chi connectivity index (χ4n) is 31.9. The zero-order valence-corrected chi connectivity index (χ0v) is 88.8. The molecule has 20 heteroatoms. The van der Waals surface area contributed by atoms with Crippen molar-refractivity contribution in [3.05, 3.63) is 0 Å². The minimum absolute atomic E-state index is 0.169. The molecule has 0 spiro atoms. The first-order valence-electron chi connectivity index (χ1n) is 54.8. The van der Waals surface area contributed by atoms with Gasteiger partial charge in [-0.2, -0.15) is 0 Å². The second-order valence-corrected chi connectivity index (χ2v) is 51.6. The molecule has 0 saturated heterocycles. The van der Waals surface area contributed by atoms with Crippen LogP contribution in [-0.4, -0.2) is 121 Å². The van der Waals surface area contributed by atoms with Crippen LogP contribution in [0.1, 0.15) is 436 Å². The van der Waals surface area contributed by atoms with Gasteiger partial charge in [0.2, 0.25) is 0 Å². The van der Waals surface area contributed by atoms with E-state index in [1.807, 2.05) is 83.1 Å². The van der Waals surface area contributed by atoms with Crippen LogP contribution in [0.3, 0.4) is 0 Å². The highest BCUT2D eigenvalue weighted by molar-refractivity contribution is 5.82. The Morgan fingerprint density at radius 3 is 0.731 bits per heavy atom. The fraction of sp³-hybridized carbons (Fsp3) is 0.912. The number of carbonyl (C=O) groups is 10. The lowest BCUT2D eigenvalue weighted by Gasteiger charge is -2.65. The molecule has 20 fully saturated rings. The molecule has 20 saturated carbocycles. The molecule has 134 heavy (non-hydrogen) atoms. The van der Waals surface area contributed by atoms with Gasteiger partial charge in [0.1, 0.15) is 28.0 Å². The molecule has 20 bridgehead atoms. The Morgan fingerprint density at radius 2 is 0.507 bits per heavy atom. The number of ether oxygens (including phenoxy) is 10. The van der Waals surface area contributed by atoms with Crippen LogP contribution in [0.15, 0.2) is 0 Å². The molecule has 764 valence electrons. The van der Waals surface area contributed by atoms with Crippen molar-refractivity contribution < 1.29 is 95.3 Å². The Kier molecular flexibility index (Phi) is 35.9. The monoisotopic (exact) mass is 1880 g/mol. The average molecular weight is 1880 g/mol. The zero-order valence-electron chi connectivity index (χ0n) is 88.8. The molecule has 20 aliphatic carbocycles. The predicted molar refractivity (Wildman–Crippen MR) is 520 cm³/mol. The zero-order chi connectivity index (χ0) is 98.5.